The lowest BCUT2D eigenvalue weighted by atomic mass is 12.6. The largest absolute Gasteiger partial charge is 0.330 e. The fraction of sp³-hybridized carbons (Fsp3) is 0. The van der Waals surface area contributed by atoms with Crippen molar-refractivity contribution in [2.45, 2.75) is 0 Å². The topological polar surface area (TPSA) is 49.4 Å². The SMILES string of the molecule is N1=N[SiH2]N=N1. The lowest BCUT2D eigenvalue weighted by Crippen LogP contribution is -1.61. The maximum Gasteiger partial charge on any atom is 0.330 e. The van der Waals surface area contributed by atoms with Gasteiger partial charge in [0.15, 0.2) is 0 Å². The first-order chi connectivity index (χ1) is 2.50. The molecule has 0 amide bonds. The predicted molar refractivity (Wildman–Crippen MR) is 18.3 cm³/mol. The zero-order valence-electron chi connectivity index (χ0n) is 2.50. The van der Waals surface area contributed by atoms with E-state index in [2.05, 4.69) is 20.0 Å². The van der Waals surface area contributed by atoms with Gasteiger partial charge < -0.3 is 0 Å². The third kappa shape index (κ3) is 0.352. The van der Waals surface area contributed by atoms with Crippen LogP contribution in [0.5, 0.6) is 0 Å². The Kier molecular flexibility index (Phi) is 0.541. The summed E-state index contributed by atoms with van der Waals surface area (Å²) in [6.45, 7) is 0. The van der Waals surface area contributed by atoms with Crippen molar-refractivity contribution < 1.29 is 0 Å². The van der Waals surface area contributed by atoms with Crippen molar-refractivity contribution in [3.63, 3.8) is 0 Å². The Bertz CT molecular complexity index is 61.7. The Morgan fingerprint density at radius 2 is 1.60 bits per heavy atom. The minimum atomic E-state index is -0.540. The summed E-state index contributed by atoms with van der Waals surface area (Å²) in [6.07, 6.45) is 0. The molecule has 1 aliphatic heterocycles. The second-order valence-electron chi connectivity index (χ2n) is 0.603. The molecule has 0 radical (unpaired) electrons. The van der Waals surface area contributed by atoms with E-state index in [9.17, 15) is 0 Å². The molecule has 0 unspecified atom stereocenters. The van der Waals surface area contributed by atoms with Gasteiger partial charge in [-0.15, -0.1) is 0 Å². The van der Waals surface area contributed by atoms with E-state index in [1.807, 2.05) is 0 Å². The highest BCUT2D eigenvalue weighted by Crippen LogP contribution is 1.84. The molecule has 5 heavy (non-hydrogen) atoms. The molecule has 0 atom stereocenters. The first-order valence-electron chi connectivity index (χ1n) is 1.23. The molecule has 1 rings (SSSR count). The van der Waals surface area contributed by atoms with Gasteiger partial charge in [0.1, 0.15) is 0 Å². The van der Waals surface area contributed by atoms with Gasteiger partial charge in [-0.1, -0.05) is 0 Å². The van der Waals surface area contributed by atoms with Crippen molar-refractivity contribution in [1.29, 1.82) is 0 Å². The summed E-state index contributed by atoms with van der Waals surface area (Å²) in [4.78, 5) is 0. The van der Waals surface area contributed by atoms with Gasteiger partial charge in [0.25, 0.3) is 0 Å². The monoisotopic (exact) mass is 86.0 g/mol. The Hall–Kier alpha value is -0.583. The average Bonchev–Trinajstić information content (AvgIpc) is 1.76. The molecule has 0 aromatic rings. The fourth-order valence-electron chi connectivity index (χ4n) is 0.141. The summed E-state index contributed by atoms with van der Waals surface area (Å²) < 4.78 is 7.03. The van der Waals surface area contributed by atoms with Crippen molar-refractivity contribution in [3.05, 3.63) is 0 Å². The van der Waals surface area contributed by atoms with Gasteiger partial charge in [-0.25, -0.2) is 0 Å². The van der Waals surface area contributed by atoms with Crippen LogP contribution in [-0.4, -0.2) is 9.84 Å². The van der Waals surface area contributed by atoms with Crippen LogP contribution < -0.4 is 0 Å². The number of rotatable bonds is 0. The van der Waals surface area contributed by atoms with Crippen LogP contribution in [0.2, 0.25) is 0 Å². The van der Waals surface area contributed by atoms with Gasteiger partial charge in [0.2, 0.25) is 0 Å². The molecule has 1 aliphatic rings. The third-order valence-corrected chi connectivity index (χ3v) is 0.799. The van der Waals surface area contributed by atoms with Crippen LogP contribution in [0.1, 0.15) is 0 Å². The normalized spacial score (nSPS) is 17.6. The molecule has 0 aromatic carbocycles. The fourth-order valence-corrected chi connectivity index (χ4v) is 0.424. The Labute approximate surface area is 31.0 Å². The maximum absolute atomic E-state index is 3.51. The molecule has 1 heterocycles. The van der Waals surface area contributed by atoms with Crippen LogP contribution in [0, 0.1) is 0 Å². The summed E-state index contributed by atoms with van der Waals surface area (Å²) in [7, 11) is -0.540. The molecule has 0 saturated heterocycles. The van der Waals surface area contributed by atoms with Crippen molar-refractivity contribution in [2.75, 3.05) is 0 Å². The number of hydrogen-bond acceptors (Lipinski definition) is 4. The molecule has 0 fully saturated rings. The Morgan fingerprint density at radius 3 is 1.80 bits per heavy atom. The molecule has 0 N–H and O–H groups in total. The summed E-state index contributed by atoms with van der Waals surface area (Å²) in [6, 6.07) is 0. The highest BCUT2D eigenvalue weighted by molar-refractivity contribution is 6.30. The van der Waals surface area contributed by atoms with Crippen LogP contribution in [-0.2, 0) is 0 Å². The molecular weight excluding hydrogens is 84.1 g/mol. The van der Waals surface area contributed by atoms with Crippen LogP contribution >= 0.6 is 0 Å². The lowest BCUT2D eigenvalue weighted by molar-refractivity contribution is 1.06. The van der Waals surface area contributed by atoms with Crippen LogP contribution in [0.3, 0.4) is 0 Å². The van der Waals surface area contributed by atoms with Crippen LogP contribution in [0.15, 0.2) is 20.0 Å². The lowest BCUT2D eigenvalue weighted by Gasteiger charge is -1.49. The van der Waals surface area contributed by atoms with E-state index in [4.69, 9.17) is 0 Å². The molecule has 0 saturated carbocycles. The zero-order valence-corrected chi connectivity index (χ0v) is 3.91. The minimum absolute atomic E-state index is 0.540. The van der Waals surface area contributed by atoms with E-state index in [1.54, 1.807) is 0 Å². The Morgan fingerprint density at radius 1 is 1.00 bits per heavy atom. The summed E-state index contributed by atoms with van der Waals surface area (Å²) in [5, 5.41) is 6.46. The van der Waals surface area contributed by atoms with Crippen LogP contribution in [0.4, 0.5) is 0 Å². The highest BCUT2D eigenvalue weighted by Gasteiger charge is 1.79. The maximum atomic E-state index is 3.51. The van der Waals surface area contributed by atoms with Crippen molar-refractivity contribution in [1.82, 2.24) is 0 Å². The standard InChI is InChI=1S/H2N4Si/c1-2-4-5-3-1/h5H2. The summed E-state index contributed by atoms with van der Waals surface area (Å²) in [5.74, 6) is 0. The van der Waals surface area contributed by atoms with Gasteiger partial charge in [0, 0.05) is 0 Å². The molecule has 0 bridgehead atoms. The second-order valence-corrected chi connectivity index (χ2v) is 1.45. The van der Waals surface area contributed by atoms with Gasteiger partial charge in [0.05, 0.1) is 0 Å². The first kappa shape index (κ1) is 2.64. The number of hydrogen-bond donors (Lipinski definition) is 0. The molecule has 0 aromatic heterocycles. The predicted octanol–water partition coefficient (Wildman–Crippen LogP) is -0.182. The van der Waals surface area contributed by atoms with Gasteiger partial charge in [-0.05, 0) is 10.4 Å². The molecule has 0 spiro atoms. The van der Waals surface area contributed by atoms with Gasteiger partial charge in [-0.3, -0.25) is 0 Å². The van der Waals surface area contributed by atoms with E-state index < -0.39 is 9.84 Å². The van der Waals surface area contributed by atoms with Crippen molar-refractivity contribution >= 4 is 9.84 Å². The average molecular weight is 86.1 g/mol. The molecule has 5 heteroatoms. The van der Waals surface area contributed by atoms with E-state index in [1.165, 1.54) is 0 Å². The Balaban J connectivity index is 2.61. The van der Waals surface area contributed by atoms with Crippen LogP contribution in [0.25, 0.3) is 0 Å². The molecule has 0 aliphatic carbocycles. The smallest absolute Gasteiger partial charge is 0.189 e. The van der Waals surface area contributed by atoms with E-state index >= 15 is 0 Å². The summed E-state index contributed by atoms with van der Waals surface area (Å²) >= 11 is 0. The summed E-state index contributed by atoms with van der Waals surface area (Å²) in [5.41, 5.74) is 0. The van der Waals surface area contributed by atoms with E-state index in [-0.39, 0.29) is 0 Å². The number of nitrogens with zero attached hydrogens (tertiary/aromatic N) is 4. The zero-order chi connectivity index (χ0) is 3.54. The second kappa shape index (κ2) is 1.02. The van der Waals surface area contributed by atoms with Gasteiger partial charge in [-0.2, -0.15) is 9.56 Å². The van der Waals surface area contributed by atoms with E-state index in [0.717, 1.165) is 0 Å². The quantitative estimate of drug-likeness (QED) is 0.367. The van der Waals surface area contributed by atoms with E-state index in [0.29, 0.717) is 0 Å². The molecular formula is H2N4Si. The highest BCUT2D eigenvalue weighted by atomic mass is 28.2. The molecule has 26 valence electrons. The van der Waals surface area contributed by atoms with Gasteiger partial charge >= 0.3 is 9.84 Å². The van der Waals surface area contributed by atoms with Crippen molar-refractivity contribution in [3.8, 4) is 0 Å². The minimum Gasteiger partial charge on any atom is -0.189 e. The molecule has 4 nitrogen and oxygen atoms in total. The van der Waals surface area contributed by atoms with Crippen molar-refractivity contribution in [2.24, 2.45) is 20.0 Å². The third-order valence-electron chi connectivity index (χ3n) is 0.293. The first-order valence-corrected chi connectivity index (χ1v) is 2.50.